The molecule has 0 radical (unpaired) electrons. The van der Waals surface area contributed by atoms with Gasteiger partial charge in [-0.3, -0.25) is 0 Å². The predicted molar refractivity (Wildman–Crippen MR) is 139 cm³/mol. The molecule has 154 valence electrons. The van der Waals surface area contributed by atoms with Crippen molar-refractivity contribution in [2.75, 3.05) is 0 Å². The van der Waals surface area contributed by atoms with Crippen molar-refractivity contribution in [2.24, 2.45) is 0 Å². The molecule has 2 heteroatoms. The van der Waals surface area contributed by atoms with Crippen molar-refractivity contribution in [2.45, 2.75) is 12.8 Å². The summed E-state index contributed by atoms with van der Waals surface area (Å²) in [5.41, 5.74) is 7.43. The van der Waals surface area contributed by atoms with Gasteiger partial charge in [-0.1, -0.05) is 82.7 Å². The maximum Gasteiger partial charge on any atom is 0.0541 e. The van der Waals surface area contributed by atoms with Gasteiger partial charge in [0.1, 0.15) is 0 Å². The molecule has 0 N–H and O–H groups in total. The Kier molecular flexibility index (Phi) is 4.81. The molecule has 0 aliphatic heterocycles. The normalized spacial score (nSPS) is 12.8. The van der Waals surface area contributed by atoms with Crippen molar-refractivity contribution in [1.82, 2.24) is 4.57 Å². The Morgan fingerprint density at radius 2 is 1.28 bits per heavy atom. The summed E-state index contributed by atoms with van der Waals surface area (Å²) < 4.78 is 3.50. The zero-order valence-electron chi connectivity index (χ0n) is 17.6. The lowest BCUT2D eigenvalue weighted by atomic mass is 9.98. The largest absolute Gasteiger partial charge is 0.310 e. The minimum Gasteiger partial charge on any atom is -0.310 e. The Balaban J connectivity index is 1.54. The molecule has 0 spiro atoms. The Labute approximate surface area is 196 Å². The smallest absolute Gasteiger partial charge is 0.0541 e. The number of para-hydroxylation sites is 1. The van der Waals surface area contributed by atoms with Crippen molar-refractivity contribution in [1.29, 1.82) is 0 Å². The molecule has 0 atom stereocenters. The molecule has 4 aromatic carbocycles. The lowest BCUT2D eigenvalue weighted by Crippen LogP contribution is -2.30. The van der Waals surface area contributed by atoms with E-state index in [9.17, 15) is 0 Å². The molecular weight excluding hydrogens is 454 g/mol. The lowest BCUT2D eigenvalue weighted by molar-refractivity contribution is 1.02. The fraction of sp³-hybridized carbons (Fsp3) is 0.0667. The summed E-state index contributed by atoms with van der Waals surface area (Å²) in [5.74, 6) is 0. The topological polar surface area (TPSA) is 4.93 Å². The van der Waals surface area contributed by atoms with E-state index in [1.807, 2.05) is 0 Å². The standard InChI is InChI=1S/C30H22BrN/c31-25-11-7-10-23(19-25)21-8-6-9-22(18-21)24-16-17-30-28(20-24)27-14-4-5-15-29(27)32(30)26-12-2-1-3-13-26/h1-3,6-20H,4-5H2. The van der Waals surface area contributed by atoms with Gasteiger partial charge in [0.2, 0.25) is 0 Å². The van der Waals surface area contributed by atoms with Crippen molar-refractivity contribution >= 4 is 39.0 Å². The third kappa shape index (κ3) is 3.32. The molecule has 0 unspecified atom stereocenters. The van der Waals surface area contributed by atoms with Crippen LogP contribution in [0.3, 0.4) is 0 Å². The summed E-state index contributed by atoms with van der Waals surface area (Å²) in [6, 6.07) is 34.9. The van der Waals surface area contributed by atoms with Crippen LogP contribution in [0.2, 0.25) is 0 Å². The van der Waals surface area contributed by atoms with Gasteiger partial charge in [0, 0.05) is 26.1 Å². The van der Waals surface area contributed by atoms with Crippen molar-refractivity contribution in [3.8, 4) is 27.9 Å². The Morgan fingerprint density at radius 1 is 0.594 bits per heavy atom. The fourth-order valence-electron chi connectivity index (χ4n) is 4.78. The first-order valence-electron chi connectivity index (χ1n) is 11.0. The average molecular weight is 476 g/mol. The van der Waals surface area contributed by atoms with Gasteiger partial charge >= 0.3 is 0 Å². The van der Waals surface area contributed by atoms with E-state index in [-0.39, 0.29) is 0 Å². The van der Waals surface area contributed by atoms with Crippen LogP contribution in [0, 0.1) is 0 Å². The van der Waals surface area contributed by atoms with Crippen LogP contribution >= 0.6 is 15.9 Å². The van der Waals surface area contributed by atoms with Gasteiger partial charge < -0.3 is 4.57 Å². The Bertz CT molecular complexity index is 1580. The molecule has 0 amide bonds. The van der Waals surface area contributed by atoms with Crippen LogP contribution < -0.4 is 10.6 Å². The summed E-state index contributed by atoms with van der Waals surface area (Å²) in [5, 5.41) is 4.00. The molecule has 32 heavy (non-hydrogen) atoms. The van der Waals surface area contributed by atoms with E-state index in [4.69, 9.17) is 0 Å². The number of aromatic nitrogens is 1. The molecule has 1 aliphatic rings. The molecular formula is C30H22BrN. The monoisotopic (exact) mass is 475 g/mol. The molecule has 1 heterocycles. The van der Waals surface area contributed by atoms with E-state index in [0.717, 1.165) is 17.3 Å². The van der Waals surface area contributed by atoms with Crippen LogP contribution in [0.4, 0.5) is 0 Å². The van der Waals surface area contributed by atoms with Crippen LogP contribution in [0.15, 0.2) is 102 Å². The zero-order chi connectivity index (χ0) is 21.5. The van der Waals surface area contributed by atoms with Crippen LogP contribution in [-0.4, -0.2) is 4.57 Å². The number of rotatable bonds is 3. The van der Waals surface area contributed by atoms with Crippen LogP contribution in [0.25, 0.3) is 51.0 Å². The predicted octanol–water partition coefficient (Wildman–Crippen LogP) is 7.08. The quantitative estimate of drug-likeness (QED) is 0.262. The lowest BCUT2D eigenvalue weighted by Gasteiger charge is -2.09. The van der Waals surface area contributed by atoms with Crippen molar-refractivity contribution in [3.63, 3.8) is 0 Å². The molecule has 0 saturated heterocycles. The second-order valence-electron chi connectivity index (χ2n) is 8.28. The van der Waals surface area contributed by atoms with Crippen molar-refractivity contribution in [3.05, 3.63) is 112 Å². The van der Waals surface area contributed by atoms with E-state index in [0.29, 0.717) is 0 Å². The molecule has 1 aromatic heterocycles. The number of fused-ring (bicyclic) bond motifs is 3. The molecule has 6 rings (SSSR count). The summed E-state index contributed by atoms with van der Waals surface area (Å²) in [4.78, 5) is 0. The maximum absolute atomic E-state index is 3.60. The van der Waals surface area contributed by atoms with Crippen LogP contribution in [-0.2, 0) is 0 Å². The van der Waals surface area contributed by atoms with Crippen molar-refractivity contribution < 1.29 is 0 Å². The summed E-state index contributed by atoms with van der Waals surface area (Å²) in [6.07, 6.45) is 6.98. The third-order valence-electron chi connectivity index (χ3n) is 6.27. The molecule has 0 fully saturated rings. The highest BCUT2D eigenvalue weighted by molar-refractivity contribution is 9.10. The maximum atomic E-state index is 3.60. The van der Waals surface area contributed by atoms with Gasteiger partial charge in [0.05, 0.1) is 5.52 Å². The SMILES string of the molecule is Brc1cccc(-c2cccc(-c3ccc4c(c3)c3c(n4-c4ccccc4)=CCCC=3)c2)c1. The van der Waals surface area contributed by atoms with E-state index < -0.39 is 0 Å². The van der Waals surface area contributed by atoms with Gasteiger partial charge in [0.25, 0.3) is 0 Å². The first-order valence-corrected chi connectivity index (χ1v) is 11.8. The Morgan fingerprint density at radius 3 is 2.06 bits per heavy atom. The second-order valence-corrected chi connectivity index (χ2v) is 9.19. The summed E-state index contributed by atoms with van der Waals surface area (Å²) in [6.45, 7) is 0. The first-order chi connectivity index (χ1) is 15.8. The molecule has 1 aliphatic carbocycles. The molecule has 0 bridgehead atoms. The Hall–Kier alpha value is -3.36. The molecule has 5 aromatic rings. The summed E-state index contributed by atoms with van der Waals surface area (Å²) in [7, 11) is 0. The van der Waals surface area contributed by atoms with E-state index in [1.165, 1.54) is 49.4 Å². The van der Waals surface area contributed by atoms with E-state index in [2.05, 4.69) is 130 Å². The average Bonchev–Trinajstić information content (AvgIpc) is 3.18. The number of benzene rings is 4. The minimum absolute atomic E-state index is 1.09. The molecule has 0 saturated carbocycles. The zero-order valence-corrected chi connectivity index (χ0v) is 19.2. The fourth-order valence-corrected chi connectivity index (χ4v) is 5.18. The second kappa shape index (κ2) is 7.96. The molecule has 1 nitrogen and oxygen atoms in total. The van der Waals surface area contributed by atoms with Crippen LogP contribution in [0.5, 0.6) is 0 Å². The van der Waals surface area contributed by atoms with Gasteiger partial charge in [-0.2, -0.15) is 0 Å². The van der Waals surface area contributed by atoms with E-state index >= 15 is 0 Å². The van der Waals surface area contributed by atoms with Gasteiger partial charge in [0.15, 0.2) is 0 Å². The van der Waals surface area contributed by atoms with Gasteiger partial charge in [-0.05, 0) is 77.6 Å². The number of hydrogen-bond donors (Lipinski definition) is 0. The third-order valence-corrected chi connectivity index (χ3v) is 6.76. The minimum atomic E-state index is 1.09. The highest BCUT2D eigenvalue weighted by atomic mass is 79.9. The number of halogens is 1. The van der Waals surface area contributed by atoms with Gasteiger partial charge in [-0.15, -0.1) is 0 Å². The highest BCUT2D eigenvalue weighted by Gasteiger charge is 2.12. The summed E-state index contributed by atoms with van der Waals surface area (Å²) >= 11 is 3.60. The van der Waals surface area contributed by atoms with Gasteiger partial charge in [-0.25, -0.2) is 0 Å². The first kappa shape index (κ1) is 19.3. The van der Waals surface area contributed by atoms with Crippen LogP contribution in [0.1, 0.15) is 12.8 Å². The van der Waals surface area contributed by atoms with E-state index in [1.54, 1.807) is 0 Å². The number of hydrogen-bond acceptors (Lipinski definition) is 0. The highest BCUT2D eigenvalue weighted by Crippen LogP contribution is 2.29. The number of nitrogens with zero attached hydrogens (tertiary/aromatic N) is 1.